The standard InChI is InChI=1S/C22H17N4.Ir/c1-13-14(2)26-20-10-5-4-7-18(20)21-17(16-11-23-15(3)24-12-16)8-6-9-19(21)22(26)25-13;/h4-8,10-12H,1-3H3;/q-1;. The van der Waals surface area contributed by atoms with Crippen LogP contribution < -0.4 is 0 Å². The molecule has 4 nitrogen and oxygen atoms in total. The van der Waals surface area contributed by atoms with Gasteiger partial charge in [0, 0.05) is 55.0 Å². The number of hydrogen-bond donors (Lipinski definition) is 0. The first-order valence-corrected chi connectivity index (χ1v) is 8.65. The molecule has 0 spiro atoms. The summed E-state index contributed by atoms with van der Waals surface area (Å²) in [6, 6.07) is 15.9. The largest absolute Gasteiger partial charge is 0.337 e. The summed E-state index contributed by atoms with van der Waals surface area (Å²) < 4.78 is 2.24. The van der Waals surface area contributed by atoms with Crippen LogP contribution in [0.25, 0.3) is 38.4 Å². The van der Waals surface area contributed by atoms with Crippen molar-refractivity contribution in [2.45, 2.75) is 20.8 Å². The smallest absolute Gasteiger partial charge is 0.125 e. The van der Waals surface area contributed by atoms with E-state index in [0.717, 1.165) is 50.3 Å². The van der Waals surface area contributed by atoms with Gasteiger partial charge in [0.05, 0.1) is 5.65 Å². The summed E-state index contributed by atoms with van der Waals surface area (Å²) in [5.74, 6) is 0.771. The van der Waals surface area contributed by atoms with Gasteiger partial charge in [-0.15, -0.1) is 18.2 Å². The molecular weight excluding hydrogens is 512 g/mol. The molecule has 1 radical (unpaired) electrons. The Hall–Kier alpha value is -2.62. The van der Waals surface area contributed by atoms with Crippen molar-refractivity contribution in [3.05, 3.63) is 72.1 Å². The molecule has 0 bridgehead atoms. The number of para-hydroxylation sites is 1. The second-order valence-electron chi connectivity index (χ2n) is 6.62. The number of benzene rings is 2. The molecule has 3 aromatic heterocycles. The molecule has 0 fully saturated rings. The number of fused-ring (bicyclic) bond motifs is 6. The normalized spacial score (nSPS) is 11.2. The maximum Gasteiger partial charge on any atom is 0.125 e. The van der Waals surface area contributed by atoms with Gasteiger partial charge in [-0.25, -0.2) is 9.97 Å². The van der Waals surface area contributed by atoms with Crippen LogP contribution in [-0.4, -0.2) is 19.4 Å². The van der Waals surface area contributed by atoms with Crippen molar-refractivity contribution >= 4 is 27.3 Å². The zero-order valence-electron chi connectivity index (χ0n) is 15.2. The molecule has 5 aromatic rings. The minimum atomic E-state index is 0. The molecule has 0 saturated heterocycles. The predicted octanol–water partition coefficient (Wildman–Crippen LogP) is 4.82. The van der Waals surface area contributed by atoms with Crippen LogP contribution in [0, 0.1) is 26.8 Å². The van der Waals surface area contributed by atoms with Gasteiger partial charge in [-0.1, -0.05) is 34.5 Å². The Morgan fingerprint density at radius 1 is 0.963 bits per heavy atom. The van der Waals surface area contributed by atoms with Crippen molar-refractivity contribution in [3.8, 4) is 11.1 Å². The number of nitrogens with zero attached hydrogens (tertiary/aromatic N) is 4. The zero-order valence-corrected chi connectivity index (χ0v) is 17.6. The quantitative estimate of drug-likeness (QED) is 0.231. The SMILES string of the molecule is Cc1ncc(-c2cc[c-]c3c2c2ccccc2n2c(C)c(C)nc32)cn1.[Ir]. The third-order valence-electron chi connectivity index (χ3n) is 5.07. The van der Waals surface area contributed by atoms with E-state index in [2.05, 4.69) is 64.6 Å². The van der Waals surface area contributed by atoms with Crippen LogP contribution in [0.15, 0.2) is 48.8 Å². The van der Waals surface area contributed by atoms with Crippen LogP contribution in [0.5, 0.6) is 0 Å². The average molecular weight is 530 g/mol. The van der Waals surface area contributed by atoms with E-state index in [4.69, 9.17) is 4.98 Å². The molecule has 0 aliphatic rings. The van der Waals surface area contributed by atoms with Gasteiger partial charge in [-0.05, 0) is 32.2 Å². The van der Waals surface area contributed by atoms with Crippen LogP contribution in [0.4, 0.5) is 0 Å². The summed E-state index contributed by atoms with van der Waals surface area (Å²) in [6.45, 7) is 6.07. The number of imidazole rings is 1. The molecule has 5 heteroatoms. The number of aryl methyl sites for hydroxylation is 3. The molecule has 5 rings (SSSR count). The summed E-state index contributed by atoms with van der Waals surface area (Å²) >= 11 is 0. The average Bonchev–Trinajstić information content (AvgIpc) is 2.97. The van der Waals surface area contributed by atoms with Crippen LogP contribution in [0.2, 0.25) is 0 Å². The Morgan fingerprint density at radius 3 is 2.48 bits per heavy atom. The first-order chi connectivity index (χ1) is 12.6. The van der Waals surface area contributed by atoms with Crippen molar-refractivity contribution in [1.29, 1.82) is 0 Å². The fourth-order valence-electron chi connectivity index (χ4n) is 3.68. The zero-order chi connectivity index (χ0) is 17.8. The van der Waals surface area contributed by atoms with Gasteiger partial charge < -0.3 is 4.40 Å². The maximum atomic E-state index is 4.84. The predicted molar refractivity (Wildman–Crippen MR) is 104 cm³/mol. The molecule has 27 heavy (non-hydrogen) atoms. The first-order valence-electron chi connectivity index (χ1n) is 8.65. The summed E-state index contributed by atoms with van der Waals surface area (Å²) in [7, 11) is 0. The number of pyridine rings is 1. The van der Waals surface area contributed by atoms with Crippen molar-refractivity contribution in [2.24, 2.45) is 0 Å². The van der Waals surface area contributed by atoms with Crippen molar-refractivity contribution in [3.63, 3.8) is 0 Å². The summed E-state index contributed by atoms with van der Waals surface area (Å²) in [5.41, 5.74) is 6.42. The second kappa shape index (κ2) is 6.52. The molecule has 0 N–H and O–H groups in total. The molecule has 135 valence electrons. The molecule has 0 aliphatic carbocycles. The monoisotopic (exact) mass is 530 g/mol. The van der Waals surface area contributed by atoms with E-state index in [1.165, 1.54) is 5.39 Å². The van der Waals surface area contributed by atoms with E-state index in [0.29, 0.717) is 0 Å². The van der Waals surface area contributed by atoms with E-state index in [9.17, 15) is 0 Å². The van der Waals surface area contributed by atoms with Crippen molar-refractivity contribution < 1.29 is 20.1 Å². The van der Waals surface area contributed by atoms with E-state index in [1.807, 2.05) is 25.4 Å². The van der Waals surface area contributed by atoms with Crippen LogP contribution in [0.1, 0.15) is 17.2 Å². The number of hydrogen-bond acceptors (Lipinski definition) is 3. The van der Waals surface area contributed by atoms with Gasteiger partial charge in [0.15, 0.2) is 0 Å². The molecule has 0 aliphatic heterocycles. The van der Waals surface area contributed by atoms with Gasteiger partial charge in [0.1, 0.15) is 5.82 Å². The molecule has 0 saturated carbocycles. The fourth-order valence-corrected chi connectivity index (χ4v) is 3.68. The van der Waals surface area contributed by atoms with Gasteiger partial charge in [-0.2, -0.15) is 0 Å². The molecule has 0 atom stereocenters. The van der Waals surface area contributed by atoms with Gasteiger partial charge >= 0.3 is 0 Å². The van der Waals surface area contributed by atoms with Crippen LogP contribution >= 0.6 is 0 Å². The summed E-state index contributed by atoms with van der Waals surface area (Å²) in [4.78, 5) is 13.6. The van der Waals surface area contributed by atoms with E-state index >= 15 is 0 Å². The third-order valence-corrected chi connectivity index (χ3v) is 5.07. The van der Waals surface area contributed by atoms with Gasteiger partial charge in [0.25, 0.3) is 0 Å². The van der Waals surface area contributed by atoms with Gasteiger partial charge in [0.2, 0.25) is 0 Å². The topological polar surface area (TPSA) is 43.1 Å². The van der Waals surface area contributed by atoms with E-state index in [1.54, 1.807) is 0 Å². The first kappa shape index (κ1) is 17.8. The molecule has 2 aromatic carbocycles. The maximum absolute atomic E-state index is 4.84. The van der Waals surface area contributed by atoms with Crippen LogP contribution in [0.3, 0.4) is 0 Å². The molecule has 0 amide bonds. The summed E-state index contributed by atoms with van der Waals surface area (Å²) in [6.07, 6.45) is 3.77. The van der Waals surface area contributed by atoms with E-state index < -0.39 is 0 Å². The summed E-state index contributed by atoms with van der Waals surface area (Å²) in [5, 5.41) is 3.36. The molecule has 3 heterocycles. The van der Waals surface area contributed by atoms with Crippen molar-refractivity contribution in [2.75, 3.05) is 0 Å². The Kier molecular flexibility index (Phi) is 4.29. The Balaban J connectivity index is 0.00000180. The fraction of sp³-hybridized carbons (Fsp3) is 0.136. The Bertz CT molecular complexity index is 1300. The third kappa shape index (κ3) is 2.58. The second-order valence-corrected chi connectivity index (χ2v) is 6.62. The van der Waals surface area contributed by atoms with E-state index in [-0.39, 0.29) is 20.1 Å². The minimum absolute atomic E-state index is 0. The Labute approximate surface area is 170 Å². The Morgan fingerprint density at radius 2 is 1.70 bits per heavy atom. The molecule has 0 unspecified atom stereocenters. The van der Waals surface area contributed by atoms with Crippen molar-refractivity contribution in [1.82, 2.24) is 19.4 Å². The van der Waals surface area contributed by atoms with Gasteiger partial charge in [-0.3, -0.25) is 4.98 Å². The number of aromatic nitrogens is 4. The van der Waals surface area contributed by atoms with Crippen LogP contribution in [-0.2, 0) is 20.1 Å². The minimum Gasteiger partial charge on any atom is -0.337 e. The molecular formula is C22H17IrN4-. The number of rotatable bonds is 1.